The van der Waals surface area contributed by atoms with Crippen molar-refractivity contribution >= 4 is 28.8 Å². The quantitative estimate of drug-likeness (QED) is 0.392. The Kier molecular flexibility index (Phi) is 6.34. The van der Waals surface area contributed by atoms with Crippen LogP contribution in [0.5, 0.6) is 0 Å². The van der Waals surface area contributed by atoms with Crippen LogP contribution in [-0.4, -0.2) is 85.8 Å². The van der Waals surface area contributed by atoms with Crippen LogP contribution in [0.2, 0.25) is 0 Å². The first-order chi connectivity index (χ1) is 16.5. The lowest BCUT2D eigenvalue weighted by molar-refractivity contribution is -0.130. The van der Waals surface area contributed by atoms with E-state index in [0.29, 0.717) is 53.3 Å². The van der Waals surface area contributed by atoms with E-state index in [9.17, 15) is 14.4 Å². The van der Waals surface area contributed by atoms with Crippen LogP contribution in [0.3, 0.4) is 0 Å². The van der Waals surface area contributed by atoms with Crippen molar-refractivity contribution in [1.82, 2.24) is 9.80 Å². The average molecular weight is 463 g/mol. The highest BCUT2D eigenvalue weighted by Crippen LogP contribution is 2.36. The molecule has 3 aliphatic rings. The molecule has 8 heteroatoms. The van der Waals surface area contributed by atoms with Gasteiger partial charge in [0.15, 0.2) is 11.6 Å². The normalized spacial score (nSPS) is 19.4. The predicted octanol–water partition coefficient (Wildman–Crippen LogP) is 2.24. The number of ether oxygens (including phenoxy) is 1. The zero-order valence-electron chi connectivity index (χ0n) is 19.4. The number of anilines is 2. The molecule has 2 N–H and O–H groups in total. The summed E-state index contributed by atoms with van der Waals surface area (Å²) in [5, 5.41) is 6.71. The third-order valence-corrected chi connectivity index (χ3v) is 6.78. The summed E-state index contributed by atoms with van der Waals surface area (Å²) in [5.41, 5.74) is 3.15. The molecule has 34 heavy (non-hydrogen) atoms. The Balaban J connectivity index is 1.29. The van der Waals surface area contributed by atoms with E-state index >= 15 is 0 Å². The van der Waals surface area contributed by atoms with Gasteiger partial charge in [-0.05, 0) is 25.1 Å². The van der Waals surface area contributed by atoms with Gasteiger partial charge in [-0.3, -0.25) is 19.3 Å². The van der Waals surface area contributed by atoms with Gasteiger partial charge in [0.25, 0.3) is 0 Å². The van der Waals surface area contributed by atoms with Crippen LogP contribution >= 0.6 is 0 Å². The number of ketones is 2. The number of fused-ring (bicyclic) bond motifs is 2. The molecular formula is C26H30N4O4. The molecule has 0 radical (unpaired) electrons. The number of amides is 1. The number of carbonyl (C=O) groups excluding carboxylic acids is 3. The van der Waals surface area contributed by atoms with Crippen LogP contribution in [0.4, 0.5) is 11.4 Å². The van der Waals surface area contributed by atoms with Crippen molar-refractivity contribution in [3.05, 3.63) is 58.7 Å². The summed E-state index contributed by atoms with van der Waals surface area (Å²) in [6, 6.07) is 10.8. The van der Waals surface area contributed by atoms with Crippen molar-refractivity contribution in [3.63, 3.8) is 0 Å². The van der Waals surface area contributed by atoms with Gasteiger partial charge in [-0.2, -0.15) is 0 Å². The Morgan fingerprint density at radius 2 is 1.53 bits per heavy atom. The molecule has 2 aliphatic heterocycles. The third-order valence-electron chi connectivity index (χ3n) is 6.78. The Morgan fingerprint density at radius 3 is 2.09 bits per heavy atom. The summed E-state index contributed by atoms with van der Waals surface area (Å²) < 4.78 is 5.29. The lowest BCUT2D eigenvalue weighted by Crippen LogP contribution is -2.48. The van der Waals surface area contributed by atoms with E-state index in [-0.39, 0.29) is 23.6 Å². The molecule has 5 rings (SSSR count). The number of nitrogens with one attached hydrogen (secondary N) is 2. The maximum Gasteiger partial charge on any atom is 0.219 e. The molecule has 0 aromatic heterocycles. The van der Waals surface area contributed by atoms with Crippen LogP contribution in [-0.2, 0) is 9.53 Å². The first kappa shape index (κ1) is 22.6. The second kappa shape index (κ2) is 9.56. The SMILES string of the molecule is CC(=O)N1CCN(CCCNc2ccc(NCC3CO3)c3c2C(=O)c2ccccc2C3=O)CC1. The van der Waals surface area contributed by atoms with E-state index in [1.807, 2.05) is 17.0 Å². The minimum atomic E-state index is -0.128. The predicted molar refractivity (Wildman–Crippen MR) is 130 cm³/mol. The number of benzene rings is 2. The van der Waals surface area contributed by atoms with Gasteiger partial charge in [0.1, 0.15) is 0 Å². The summed E-state index contributed by atoms with van der Waals surface area (Å²) in [4.78, 5) is 42.6. The largest absolute Gasteiger partial charge is 0.384 e. The number of epoxide rings is 1. The molecule has 2 fully saturated rings. The molecule has 2 saturated heterocycles. The minimum absolute atomic E-state index is 0.126. The Morgan fingerprint density at radius 1 is 0.941 bits per heavy atom. The van der Waals surface area contributed by atoms with Crippen molar-refractivity contribution in [3.8, 4) is 0 Å². The van der Waals surface area contributed by atoms with Gasteiger partial charge in [0.2, 0.25) is 5.91 Å². The summed E-state index contributed by atoms with van der Waals surface area (Å²) in [5.74, 6) is -0.120. The van der Waals surface area contributed by atoms with E-state index in [1.165, 1.54) is 0 Å². The molecule has 178 valence electrons. The third kappa shape index (κ3) is 4.56. The average Bonchev–Trinajstić information content (AvgIpc) is 3.69. The molecule has 8 nitrogen and oxygen atoms in total. The Bertz CT molecular complexity index is 1120. The van der Waals surface area contributed by atoms with Crippen molar-refractivity contribution in [2.45, 2.75) is 19.4 Å². The van der Waals surface area contributed by atoms with Crippen LogP contribution < -0.4 is 10.6 Å². The smallest absolute Gasteiger partial charge is 0.219 e. The summed E-state index contributed by atoms with van der Waals surface area (Å²) >= 11 is 0. The van der Waals surface area contributed by atoms with Gasteiger partial charge in [0, 0.05) is 68.7 Å². The molecule has 1 aliphatic carbocycles. The van der Waals surface area contributed by atoms with Gasteiger partial charge >= 0.3 is 0 Å². The number of hydrogen-bond donors (Lipinski definition) is 2. The Labute approximate surface area is 199 Å². The monoisotopic (exact) mass is 462 g/mol. The first-order valence-corrected chi connectivity index (χ1v) is 12.0. The molecule has 0 bridgehead atoms. The number of rotatable bonds is 8. The van der Waals surface area contributed by atoms with Crippen molar-refractivity contribution in [1.29, 1.82) is 0 Å². The van der Waals surface area contributed by atoms with E-state index in [4.69, 9.17) is 4.74 Å². The second-order valence-corrected chi connectivity index (χ2v) is 9.08. The number of hydrogen-bond acceptors (Lipinski definition) is 7. The van der Waals surface area contributed by atoms with Gasteiger partial charge in [-0.25, -0.2) is 0 Å². The van der Waals surface area contributed by atoms with Crippen LogP contribution in [0.1, 0.15) is 45.2 Å². The fourth-order valence-corrected chi connectivity index (χ4v) is 4.74. The zero-order valence-corrected chi connectivity index (χ0v) is 19.4. The van der Waals surface area contributed by atoms with Crippen molar-refractivity contribution in [2.24, 2.45) is 0 Å². The van der Waals surface area contributed by atoms with Crippen LogP contribution in [0, 0.1) is 0 Å². The number of piperazine rings is 1. The maximum absolute atomic E-state index is 13.5. The van der Waals surface area contributed by atoms with Crippen molar-refractivity contribution < 1.29 is 19.1 Å². The fraction of sp³-hybridized carbons (Fsp3) is 0.423. The lowest BCUT2D eigenvalue weighted by Gasteiger charge is -2.34. The standard InChI is InChI=1S/C26H30N4O4/c1-17(31)30-13-11-29(12-14-30)10-4-9-27-21-7-8-22(28-15-18-16-34-18)24-23(21)25(32)19-5-2-3-6-20(19)26(24)33/h2-3,5-8,18,27-28H,4,9-16H2,1H3. The number of carbonyl (C=O) groups is 3. The molecule has 2 aromatic rings. The van der Waals surface area contributed by atoms with E-state index in [0.717, 1.165) is 39.1 Å². The zero-order chi connectivity index (χ0) is 23.7. The van der Waals surface area contributed by atoms with Gasteiger partial charge in [-0.15, -0.1) is 0 Å². The van der Waals surface area contributed by atoms with Gasteiger partial charge < -0.3 is 20.3 Å². The minimum Gasteiger partial charge on any atom is -0.384 e. The van der Waals surface area contributed by atoms with Gasteiger partial charge in [0.05, 0.1) is 23.8 Å². The van der Waals surface area contributed by atoms with Crippen molar-refractivity contribution in [2.75, 3.05) is 63.1 Å². The molecule has 1 atom stereocenters. The molecule has 1 amide bonds. The topological polar surface area (TPSA) is 94.3 Å². The second-order valence-electron chi connectivity index (χ2n) is 9.08. The summed E-state index contributed by atoms with van der Waals surface area (Å²) in [6.45, 7) is 7.84. The molecule has 2 aromatic carbocycles. The molecule has 0 spiro atoms. The fourth-order valence-electron chi connectivity index (χ4n) is 4.74. The molecular weight excluding hydrogens is 432 g/mol. The number of nitrogens with zero attached hydrogens (tertiary/aromatic N) is 2. The molecule has 2 heterocycles. The van der Waals surface area contributed by atoms with Crippen LogP contribution in [0.15, 0.2) is 36.4 Å². The lowest BCUT2D eigenvalue weighted by atomic mass is 9.82. The van der Waals surface area contributed by atoms with E-state index < -0.39 is 0 Å². The Hall–Kier alpha value is -3.23. The first-order valence-electron chi connectivity index (χ1n) is 12.0. The van der Waals surface area contributed by atoms with Gasteiger partial charge in [-0.1, -0.05) is 24.3 Å². The van der Waals surface area contributed by atoms with E-state index in [1.54, 1.807) is 31.2 Å². The highest BCUT2D eigenvalue weighted by Gasteiger charge is 2.34. The van der Waals surface area contributed by atoms with E-state index in [2.05, 4.69) is 15.5 Å². The van der Waals surface area contributed by atoms with Crippen LogP contribution in [0.25, 0.3) is 0 Å². The highest BCUT2D eigenvalue weighted by molar-refractivity contribution is 6.31. The summed E-state index contributed by atoms with van der Waals surface area (Å²) in [7, 11) is 0. The molecule has 1 unspecified atom stereocenters. The summed E-state index contributed by atoms with van der Waals surface area (Å²) in [6.07, 6.45) is 1.06. The molecule has 0 saturated carbocycles. The highest BCUT2D eigenvalue weighted by atomic mass is 16.6. The maximum atomic E-state index is 13.5.